The molecule has 0 atom stereocenters. The average molecular weight is 323 g/mol. The smallest absolute Gasteiger partial charge is 0.319 e. The fourth-order valence-electron chi connectivity index (χ4n) is 2.10. The summed E-state index contributed by atoms with van der Waals surface area (Å²) in [5, 5.41) is 9.63. The number of nitrogens with zero attached hydrogens (tertiary/aromatic N) is 3. The lowest BCUT2D eigenvalue weighted by atomic mass is 10.2. The molecule has 0 saturated heterocycles. The number of aromatic nitrogens is 3. The van der Waals surface area contributed by atoms with Crippen molar-refractivity contribution in [3.8, 4) is 11.6 Å². The molecule has 0 bridgehead atoms. The largest absolute Gasteiger partial charge is 0.497 e. The van der Waals surface area contributed by atoms with Gasteiger partial charge in [0.05, 0.1) is 19.0 Å². The van der Waals surface area contributed by atoms with Gasteiger partial charge in [-0.05, 0) is 35.9 Å². The van der Waals surface area contributed by atoms with Gasteiger partial charge in [-0.15, -0.1) is 0 Å². The van der Waals surface area contributed by atoms with Crippen LogP contribution in [0.4, 0.5) is 10.5 Å². The van der Waals surface area contributed by atoms with E-state index in [4.69, 9.17) is 4.74 Å². The highest BCUT2D eigenvalue weighted by molar-refractivity contribution is 5.89. The highest BCUT2D eigenvalue weighted by Gasteiger charge is 2.04. The standard InChI is InChI=1S/C17H17N5O2/c1-24-15-6-3-13(4-7-15)11-19-17(23)21-14-5-8-16(18-12-14)22-10-2-9-20-22/h2-10,12H,11H2,1H3,(H2,19,21,23). The molecule has 3 aromatic rings. The van der Waals surface area contributed by atoms with Gasteiger partial charge in [0.2, 0.25) is 0 Å². The molecule has 24 heavy (non-hydrogen) atoms. The lowest BCUT2D eigenvalue weighted by Gasteiger charge is -2.08. The first-order chi connectivity index (χ1) is 11.7. The van der Waals surface area contributed by atoms with Crippen LogP contribution in [0.15, 0.2) is 61.1 Å². The number of hydrogen-bond acceptors (Lipinski definition) is 4. The third kappa shape index (κ3) is 3.89. The number of hydrogen-bond donors (Lipinski definition) is 2. The van der Waals surface area contributed by atoms with E-state index in [1.165, 1.54) is 0 Å². The molecule has 2 amide bonds. The highest BCUT2D eigenvalue weighted by atomic mass is 16.5. The molecule has 0 saturated carbocycles. The summed E-state index contributed by atoms with van der Waals surface area (Å²) in [5.74, 6) is 1.47. The van der Waals surface area contributed by atoms with Crippen LogP contribution >= 0.6 is 0 Å². The lowest BCUT2D eigenvalue weighted by Crippen LogP contribution is -2.28. The maximum atomic E-state index is 11.9. The van der Waals surface area contributed by atoms with Crippen molar-refractivity contribution in [3.05, 3.63) is 66.6 Å². The van der Waals surface area contributed by atoms with Crippen molar-refractivity contribution < 1.29 is 9.53 Å². The number of ether oxygens (including phenoxy) is 1. The number of methoxy groups -OCH3 is 1. The second-order valence-electron chi connectivity index (χ2n) is 5.01. The van der Waals surface area contributed by atoms with Gasteiger partial charge in [-0.25, -0.2) is 14.5 Å². The number of benzene rings is 1. The summed E-state index contributed by atoms with van der Waals surface area (Å²) in [6.45, 7) is 0.425. The molecule has 0 aliphatic carbocycles. The lowest BCUT2D eigenvalue weighted by molar-refractivity contribution is 0.251. The SMILES string of the molecule is COc1ccc(CNC(=O)Nc2ccc(-n3cccn3)nc2)cc1. The van der Waals surface area contributed by atoms with Crippen LogP contribution < -0.4 is 15.4 Å². The molecule has 2 heterocycles. The van der Waals surface area contributed by atoms with Crippen LogP contribution in [0.2, 0.25) is 0 Å². The molecule has 0 aliphatic rings. The number of nitrogens with one attached hydrogen (secondary N) is 2. The monoisotopic (exact) mass is 323 g/mol. The molecule has 2 N–H and O–H groups in total. The Labute approximate surface area is 139 Å². The van der Waals surface area contributed by atoms with E-state index in [9.17, 15) is 4.79 Å². The first-order valence-electron chi connectivity index (χ1n) is 7.38. The predicted octanol–water partition coefficient (Wildman–Crippen LogP) is 2.60. The molecule has 0 fully saturated rings. The summed E-state index contributed by atoms with van der Waals surface area (Å²) in [6.07, 6.45) is 5.07. The van der Waals surface area contributed by atoms with Gasteiger partial charge in [0.25, 0.3) is 0 Å². The number of rotatable bonds is 5. The average Bonchev–Trinajstić information content (AvgIpc) is 3.16. The summed E-state index contributed by atoms with van der Waals surface area (Å²) in [5.41, 5.74) is 1.59. The van der Waals surface area contributed by atoms with E-state index in [1.807, 2.05) is 30.3 Å². The fourth-order valence-corrected chi connectivity index (χ4v) is 2.10. The Kier molecular flexibility index (Phi) is 4.71. The van der Waals surface area contributed by atoms with Gasteiger partial charge in [-0.3, -0.25) is 0 Å². The van der Waals surface area contributed by atoms with Crippen LogP contribution in [0.3, 0.4) is 0 Å². The van der Waals surface area contributed by atoms with E-state index >= 15 is 0 Å². The molecular weight excluding hydrogens is 306 g/mol. The first-order valence-corrected chi connectivity index (χ1v) is 7.38. The minimum Gasteiger partial charge on any atom is -0.497 e. The third-order valence-electron chi connectivity index (χ3n) is 3.36. The number of urea groups is 1. The Balaban J connectivity index is 1.52. The first kappa shape index (κ1) is 15.5. The van der Waals surface area contributed by atoms with Gasteiger partial charge in [-0.1, -0.05) is 12.1 Å². The molecule has 0 unspecified atom stereocenters. The van der Waals surface area contributed by atoms with Gasteiger partial charge in [0.1, 0.15) is 5.75 Å². The number of amides is 2. The third-order valence-corrected chi connectivity index (χ3v) is 3.36. The van der Waals surface area contributed by atoms with Gasteiger partial charge in [0, 0.05) is 18.9 Å². The van der Waals surface area contributed by atoms with Gasteiger partial charge >= 0.3 is 6.03 Å². The van der Waals surface area contributed by atoms with E-state index in [1.54, 1.807) is 42.5 Å². The van der Waals surface area contributed by atoms with Crippen LogP contribution in [0, 0.1) is 0 Å². The number of carbonyl (C=O) groups is 1. The van der Waals surface area contributed by atoms with Crippen molar-refractivity contribution >= 4 is 11.7 Å². The van der Waals surface area contributed by atoms with Crippen molar-refractivity contribution in [2.24, 2.45) is 0 Å². The summed E-state index contributed by atoms with van der Waals surface area (Å²) in [6, 6.07) is 12.6. The zero-order chi connectivity index (χ0) is 16.8. The minimum absolute atomic E-state index is 0.292. The maximum absolute atomic E-state index is 11.9. The number of anilines is 1. The van der Waals surface area contributed by atoms with Gasteiger partial charge in [0.15, 0.2) is 5.82 Å². The van der Waals surface area contributed by atoms with Crippen molar-refractivity contribution in [1.82, 2.24) is 20.1 Å². The maximum Gasteiger partial charge on any atom is 0.319 e. The van der Waals surface area contributed by atoms with Crippen LogP contribution in [-0.2, 0) is 6.54 Å². The van der Waals surface area contributed by atoms with E-state index in [-0.39, 0.29) is 6.03 Å². The highest BCUT2D eigenvalue weighted by Crippen LogP contribution is 2.11. The summed E-state index contributed by atoms with van der Waals surface area (Å²) in [4.78, 5) is 16.2. The van der Waals surface area contributed by atoms with Crippen LogP contribution in [0.5, 0.6) is 5.75 Å². The molecule has 7 nitrogen and oxygen atoms in total. The normalized spacial score (nSPS) is 10.2. The van der Waals surface area contributed by atoms with Gasteiger partial charge < -0.3 is 15.4 Å². The Morgan fingerprint density at radius 3 is 2.67 bits per heavy atom. The second-order valence-corrected chi connectivity index (χ2v) is 5.01. The van der Waals surface area contributed by atoms with E-state index in [0.29, 0.717) is 18.1 Å². The van der Waals surface area contributed by atoms with Crippen molar-refractivity contribution in [1.29, 1.82) is 0 Å². The van der Waals surface area contributed by atoms with E-state index in [2.05, 4.69) is 20.7 Å². The molecule has 7 heteroatoms. The Bertz CT molecular complexity index is 783. The van der Waals surface area contributed by atoms with Crippen LogP contribution in [-0.4, -0.2) is 27.9 Å². The van der Waals surface area contributed by atoms with E-state index < -0.39 is 0 Å². The molecule has 2 aromatic heterocycles. The molecule has 122 valence electrons. The van der Waals surface area contributed by atoms with Crippen molar-refractivity contribution in [2.45, 2.75) is 6.54 Å². The molecular formula is C17H17N5O2. The van der Waals surface area contributed by atoms with Crippen LogP contribution in [0.25, 0.3) is 5.82 Å². The molecule has 3 rings (SSSR count). The fraction of sp³-hybridized carbons (Fsp3) is 0.118. The number of carbonyl (C=O) groups excluding carboxylic acids is 1. The summed E-state index contributed by atoms with van der Waals surface area (Å²) >= 11 is 0. The zero-order valence-electron chi connectivity index (χ0n) is 13.1. The summed E-state index contributed by atoms with van der Waals surface area (Å²) in [7, 11) is 1.62. The topological polar surface area (TPSA) is 81.1 Å². The van der Waals surface area contributed by atoms with Crippen molar-refractivity contribution in [2.75, 3.05) is 12.4 Å². The molecule has 0 radical (unpaired) electrons. The quantitative estimate of drug-likeness (QED) is 0.756. The molecule has 0 aliphatic heterocycles. The Hall–Kier alpha value is -3.35. The minimum atomic E-state index is -0.292. The second kappa shape index (κ2) is 7.28. The zero-order valence-corrected chi connectivity index (χ0v) is 13.1. The molecule has 0 spiro atoms. The summed E-state index contributed by atoms with van der Waals surface area (Å²) < 4.78 is 6.74. The van der Waals surface area contributed by atoms with E-state index in [0.717, 1.165) is 11.3 Å². The number of pyridine rings is 1. The van der Waals surface area contributed by atoms with Gasteiger partial charge in [-0.2, -0.15) is 5.10 Å². The Morgan fingerprint density at radius 1 is 1.21 bits per heavy atom. The Morgan fingerprint density at radius 2 is 2.04 bits per heavy atom. The predicted molar refractivity (Wildman–Crippen MR) is 90.2 cm³/mol. The van der Waals surface area contributed by atoms with Crippen molar-refractivity contribution in [3.63, 3.8) is 0 Å². The van der Waals surface area contributed by atoms with Crippen LogP contribution in [0.1, 0.15) is 5.56 Å². The molecule has 1 aromatic carbocycles.